The summed E-state index contributed by atoms with van der Waals surface area (Å²) in [6.45, 7) is 1.47. The number of carbonyl (C=O) groups excluding carboxylic acids is 4. The molecule has 5 aliphatic rings. The number of phenols is 1. The number of imide groups is 2. The maximum atomic E-state index is 14.5. The highest BCUT2D eigenvalue weighted by molar-refractivity contribution is 6.31. The first kappa shape index (κ1) is 29.2. The van der Waals surface area contributed by atoms with Crippen LogP contribution in [0.1, 0.15) is 31.7 Å². The number of benzene rings is 2. The summed E-state index contributed by atoms with van der Waals surface area (Å²) >= 11 is 6.05. The molecule has 2 aromatic carbocycles. The fraction of sp³-hybridized carbons (Fsp3) is 0.364. The number of carbonyl (C=O) groups is 5. The third kappa shape index (κ3) is 4.23. The van der Waals surface area contributed by atoms with Crippen molar-refractivity contribution in [2.45, 2.75) is 32.6 Å². The summed E-state index contributed by atoms with van der Waals surface area (Å²) in [5.41, 5.74) is 0.863. The van der Waals surface area contributed by atoms with E-state index in [2.05, 4.69) is 0 Å². The van der Waals surface area contributed by atoms with Crippen molar-refractivity contribution in [2.75, 3.05) is 11.4 Å². The van der Waals surface area contributed by atoms with Gasteiger partial charge in [-0.1, -0.05) is 23.3 Å². The Morgan fingerprint density at radius 3 is 2.60 bits per heavy atom. The molecule has 12 heteroatoms. The third-order valence-electron chi connectivity index (χ3n) is 10.2. The maximum Gasteiger partial charge on any atom is 0.305 e. The van der Waals surface area contributed by atoms with Gasteiger partial charge in [-0.2, -0.15) is 0 Å². The van der Waals surface area contributed by atoms with E-state index in [0.29, 0.717) is 16.9 Å². The summed E-state index contributed by atoms with van der Waals surface area (Å²) in [7, 11) is 0. The zero-order valence-corrected chi connectivity index (χ0v) is 24.8. The highest BCUT2D eigenvalue weighted by Gasteiger charge is 2.68. The van der Waals surface area contributed by atoms with Crippen molar-refractivity contribution in [2.24, 2.45) is 35.0 Å². The molecule has 232 valence electrons. The molecule has 2 N–H and O–H groups in total. The normalized spacial score (nSPS) is 30.2. The highest BCUT2D eigenvalue weighted by atomic mass is 35.5. The Morgan fingerprint density at radius 2 is 1.87 bits per heavy atom. The predicted molar refractivity (Wildman–Crippen MR) is 156 cm³/mol. The van der Waals surface area contributed by atoms with Gasteiger partial charge in [0.25, 0.3) is 0 Å². The van der Waals surface area contributed by atoms with Crippen LogP contribution >= 0.6 is 11.6 Å². The van der Waals surface area contributed by atoms with E-state index >= 15 is 0 Å². The number of allylic oxidation sites excluding steroid dienone is 3. The molecule has 0 radical (unpaired) electrons. The molecule has 6 unspecified atom stereocenters. The number of rotatable bonds is 5. The third-order valence-corrected chi connectivity index (χ3v) is 10.5. The van der Waals surface area contributed by atoms with Crippen LogP contribution in [0.15, 0.2) is 59.9 Å². The van der Waals surface area contributed by atoms with E-state index in [9.17, 15) is 38.6 Å². The zero-order valence-electron chi connectivity index (χ0n) is 24.0. The second-order valence-electron chi connectivity index (χ2n) is 12.5. The van der Waals surface area contributed by atoms with Crippen LogP contribution in [0.5, 0.6) is 11.5 Å². The molecular formula is C33H28ClFN2O8. The van der Waals surface area contributed by atoms with Gasteiger partial charge in [0.2, 0.25) is 23.6 Å². The average Bonchev–Trinajstić information content (AvgIpc) is 3.36. The molecule has 0 spiro atoms. The fourth-order valence-corrected chi connectivity index (χ4v) is 8.38. The van der Waals surface area contributed by atoms with Crippen molar-refractivity contribution < 1.29 is 43.3 Å². The molecular weight excluding hydrogens is 607 g/mol. The highest BCUT2D eigenvalue weighted by Crippen LogP contribution is 2.63. The maximum absolute atomic E-state index is 14.5. The Hall–Kier alpha value is -4.51. The van der Waals surface area contributed by atoms with Gasteiger partial charge < -0.3 is 14.9 Å². The number of nitrogens with zero attached hydrogens (tertiary/aromatic N) is 2. The van der Waals surface area contributed by atoms with Crippen LogP contribution in [0.25, 0.3) is 0 Å². The number of carboxylic acids is 1. The lowest BCUT2D eigenvalue weighted by atomic mass is 9.51. The molecule has 2 saturated heterocycles. The number of aromatic hydroxyl groups is 1. The molecule has 0 aromatic heterocycles. The number of aliphatic carboxylic acids is 1. The smallest absolute Gasteiger partial charge is 0.305 e. The number of amides is 4. The molecule has 2 aromatic rings. The number of halogens is 2. The summed E-state index contributed by atoms with van der Waals surface area (Å²) in [6, 6.07) is 8.33. The van der Waals surface area contributed by atoms with E-state index in [1.165, 1.54) is 18.2 Å². The average molecular weight is 635 g/mol. The largest absolute Gasteiger partial charge is 0.508 e. The number of hydrogen-bond donors (Lipinski definition) is 2. The lowest BCUT2D eigenvalue weighted by molar-refractivity contribution is -0.142. The minimum absolute atomic E-state index is 0.0342. The number of phenolic OH excluding ortho intramolecular Hbond substituents is 1. The van der Waals surface area contributed by atoms with Crippen LogP contribution in [0.4, 0.5) is 10.1 Å². The fourth-order valence-electron chi connectivity index (χ4n) is 8.21. The van der Waals surface area contributed by atoms with Gasteiger partial charge in [-0.15, -0.1) is 0 Å². The SMILES string of the molecule is CC12C(=O)N(c3ccc(F)c(Cl)c3)C(=O)C1CC1C(=CCC3C(=O)N(CCC(=O)O)C(=O)C31)C2C1=COc2ccc(O)cc2C1. The van der Waals surface area contributed by atoms with Gasteiger partial charge in [0.05, 0.1) is 46.6 Å². The van der Waals surface area contributed by atoms with Crippen LogP contribution in [0.2, 0.25) is 5.02 Å². The van der Waals surface area contributed by atoms with Crippen molar-refractivity contribution in [3.63, 3.8) is 0 Å². The molecule has 3 fully saturated rings. The lowest BCUT2D eigenvalue weighted by Crippen LogP contribution is -2.51. The van der Waals surface area contributed by atoms with Gasteiger partial charge in [-0.3, -0.25) is 28.9 Å². The number of hydrogen-bond acceptors (Lipinski definition) is 7. The predicted octanol–water partition coefficient (Wildman–Crippen LogP) is 4.24. The standard InChI is InChI=1S/C33H28ClFN2O8/c1-33-22(30(42)37(32(33)44)17-2-6-24(35)23(34)12-17)13-21-19(28(33)16-10-15-11-18(38)3-7-25(15)45-14-16)4-5-20-27(21)31(43)36(29(20)41)9-8-26(39)40/h2-4,6-7,11-12,14,20-22,27-28,38H,5,8-10,13H2,1H3,(H,39,40). The van der Waals surface area contributed by atoms with Crippen LogP contribution in [0, 0.1) is 40.8 Å². The van der Waals surface area contributed by atoms with Crippen molar-refractivity contribution >= 4 is 46.9 Å². The van der Waals surface area contributed by atoms with Gasteiger partial charge in [-0.25, -0.2) is 9.29 Å². The Kier molecular flexibility index (Phi) is 6.66. The Bertz CT molecular complexity index is 1790. The zero-order chi connectivity index (χ0) is 31.9. The molecule has 3 aliphatic heterocycles. The van der Waals surface area contributed by atoms with Crippen LogP contribution in [-0.4, -0.2) is 51.3 Å². The monoisotopic (exact) mass is 634 g/mol. The Balaban J connectivity index is 1.34. The van der Waals surface area contributed by atoms with E-state index in [1.807, 2.05) is 6.08 Å². The first-order valence-electron chi connectivity index (χ1n) is 14.7. The summed E-state index contributed by atoms with van der Waals surface area (Å²) in [5.74, 6) is -6.97. The number of fused-ring (bicyclic) bond motifs is 5. The molecule has 10 nitrogen and oxygen atoms in total. The van der Waals surface area contributed by atoms with Gasteiger partial charge in [0.1, 0.15) is 17.3 Å². The van der Waals surface area contributed by atoms with E-state index in [-0.39, 0.29) is 48.7 Å². The van der Waals surface area contributed by atoms with E-state index in [4.69, 9.17) is 16.3 Å². The summed E-state index contributed by atoms with van der Waals surface area (Å²) in [5, 5.41) is 19.1. The van der Waals surface area contributed by atoms with Crippen molar-refractivity contribution in [3.05, 3.63) is 76.3 Å². The van der Waals surface area contributed by atoms with Crippen molar-refractivity contribution in [3.8, 4) is 11.5 Å². The van der Waals surface area contributed by atoms with Crippen molar-refractivity contribution in [1.82, 2.24) is 4.90 Å². The molecule has 7 rings (SSSR count). The van der Waals surface area contributed by atoms with E-state index in [0.717, 1.165) is 21.4 Å². The topological polar surface area (TPSA) is 142 Å². The number of likely N-dealkylation sites (tertiary alicyclic amines) is 1. The molecule has 2 aliphatic carbocycles. The minimum atomic E-state index is -1.34. The van der Waals surface area contributed by atoms with Gasteiger partial charge in [0.15, 0.2) is 0 Å². The number of carboxylic acid groups (broad SMARTS) is 1. The summed E-state index contributed by atoms with van der Waals surface area (Å²) in [6.07, 6.45) is 3.66. The van der Waals surface area contributed by atoms with Crippen molar-refractivity contribution in [1.29, 1.82) is 0 Å². The van der Waals surface area contributed by atoms with Crippen LogP contribution in [0.3, 0.4) is 0 Å². The van der Waals surface area contributed by atoms with Gasteiger partial charge in [-0.05, 0) is 67.7 Å². The number of ether oxygens (including phenoxy) is 1. The second kappa shape index (κ2) is 10.3. The van der Waals surface area contributed by atoms with Gasteiger partial charge in [0, 0.05) is 24.4 Å². The van der Waals surface area contributed by atoms with E-state index in [1.54, 1.807) is 25.3 Å². The molecule has 1 saturated carbocycles. The summed E-state index contributed by atoms with van der Waals surface area (Å²) < 4.78 is 20.0. The number of anilines is 1. The quantitative estimate of drug-likeness (QED) is 0.368. The second-order valence-corrected chi connectivity index (χ2v) is 12.9. The first-order chi connectivity index (χ1) is 21.4. The molecule has 6 atom stereocenters. The Morgan fingerprint density at radius 1 is 1.09 bits per heavy atom. The Labute approximate surface area is 261 Å². The molecule has 4 amide bonds. The summed E-state index contributed by atoms with van der Waals surface area (Å²) in [4.78, 5) is 69.1. The molecule has 3 heterocycles. The molecule has 45 heavy (non-hydrogen) atoms. The van der Waals surface area contributed by atoms with Gasteiger partial charge >= 0.3 is 5.97 Å². The minimum Gasteiger partial charge on any atom is -0.508 e. The first-order valence-corrected chi connectivity index (χ1v) is 15.1. The van der Waals surface area contributed by atoms with Crippen LogP contribution in [-0.2, 0) is 30.4 Å². The molecule has 0 bridgehead atoms. The van der Waals surface area contributed by atoms with Crippen LogP contribution < -0.4 is 9.64 Å². The van der Waals surface area contributed by atoms with E-state index < -0.39 is 70.4 Å². The lowest BCUT2D eigenvalue weighted by Gasteiger charge is -2.49.